The first kappa shape index (κ1) is 13.3. The zero-order chi connectivity index (χ0) is 13.7. The maximum absolute atomic E-state index is 11.6. The molecule has 5 nitrogen and oxygen atoms in total. The average Bonchev–Trinajstić information content (AvgIpc) is 2.43. The number of para-hydroxylation sites is 1. The summed E-state index contributed by atoms with van der Waals surface area (Å²) in [5, 5.41) is 9.57. The lowest BCUT2D eigenvalue weighted by atomic mass is 10.1. The van der Waals surface area contributed by atoms with E-state index in [0.29, 0.717) is 24.4 Å². The Kier molecular flexibility index (Phi) is 4.30. The molecule has 2 N–H and O–H groups in total. The number of nitrogens with one attached hydrogen (secondary N) is 2. The van der Waals surface area contributed by atoms with E-state index in [1.54, 1.807) is 13.1 Å². The molecule has 0 aliphatic carbocycles. The van der Waals surface area contributed by atoms with Crippen LogP contribution in [0.3, 0.4) is 0 Å². The predicted octanol–water partition coefficient (Wildman–Crippen LogP) is 1.55. The Morgan fingerprint density at radius 1 is 1.37 bits per heavy atom. The molecular formula is C14H17N3O2. The van der Waals surface area contributed by atoms with Gasteiger partial charge in [-0.2, -0.15) is 5.10 Å². The Hall–Kier alpha value is -2.14. The van der Waals surface area contributed by atoms with E-state index in [0.717, 1.165) is 11.3 Å². The smallest absolute Gasteiger partial charge is 0.268 e. The molecule has 0 saturated carbocycles. The van der Waals surface area contributed by atoms with Crippen LogP contribution in [0.2, 0.25) is 0 Å². The van der Waals surface area contributed by atoms with Gasteiger partial charge in [0.25, 0.3) is 5.56 Å². The molecule has 1 aromatic carbocycles. The second-order valence-corrected chi connectivity index (χ2v) is 4.07. The van der Waals surface area contributed by atoms with Crippen LogP contribution in [0.15, 0.2) is 35.1 Å². The number of ether oxygens (including phenoxy) is 1. The Labute approximate surface area is 111 Å². The average molecular weight is 259 g/mol. The van der Waals surface area contributed by atoms with Crippen molar-refractivity contribution in [2.24, 2.45) is 0 Å². The molecule has 5 heteroatoms. The fraction of sp³-hybridized carbons (Fsp3) is 0.286. The van der Waals surface area contributed by atoms with Crippen LogP contribution in [0, 0.1) is 0 Å². The molecule has 0 amide bonds. The van der Waals surface area contributed by atoms with Gasteiger partial charge in [-0.1, -0.05) is 12.1 Å². The van der Waals surface area contributed by atoms with Crippen LogP contribution in [0.5, 0.6) is 5.75 Å². The number of hydrogen-bond acceptors (Lipinski definition) is 4. The molecule has 1 aromatic heterocycles. The number of benzene rings is 1. The minimum Gasteiger partial charge on any atom is -0.493 e. The predicted molar refractivity (Wildman–Crippen MR) is 74.2 cm³/mol. The number of aromatic nitrogens is 2. The molecule has 0 aliphatic heterocycles. The maximum Gasteiger partial charge on any atom is 0.268 e. The fourth-order valence-corrected chi connectivity index (χ4v) is 1.87. The molecule has 0 saturated heterocycles. The van der Waals surface area contributed by atoms with Crippen molar-refractivity contribution in [3.05, 3.63) is 46.2 Å². The molecule has 2 aromatic rings. The van der Waals surface area contributed by atoms with Crippen molar-refractivity contribution < 1.29 is 4.74 Å². The first-order valence-electron chi connectivity index (χ1n) is 6.21. The zero-order valence-corrected chi connectivity index (χ0v) is 11.1. The van der Waals surface area contributed by atoms with Crippen molar-refractivity contribution in [3.63, 3.8) is 0 Å². The minimum absolute atomic E-state index is 0.174. The van der Waals surface area contributed by atoms with Crippen LogP contribution in [-0.2, 0) is 6.54 Å². The Bertz CT molecular complexity index is 608. The van der Waals surface area contributed by atoms with E-state index in [-0.39, 0.29) is 5.56 Å². The standard InChI is InChI=1S/C14H17N3O2/c1-3-19-13-7-5-4-6-11(13)12-8-10(9-15-2)14(18)17-16-12/h4-8,15H,3,9H2,1-2H3,(H,17,18). The van der Waals surface area contributed by atoms with Crippen molar-refractivity contribution in [2.75, 3.05) is 13.7 Å². The Morgan fingerprint density at radius 2 is 2.16 bits per heavy atom. The van der Waals surface area contributed by atoms with Crippen LogP contribution >= 0.6 is 0 Å². The van der Waals surface area contributed by atoms with Gasteiger partial charge in [-0.05, 0) is 32.2 Å². The number of nitrogens with zero attached hydrogens (tertiary/aromatic N) is 1. The molecule has 0 bridgehead atoms. The highest BCUT2D eigenvalue weighted by Crippen LogP contribution is 2.27. The number of H-pyrrole nitrogens is 1. The van der Waals surface area contributed by atoms with Crippen LogP contribution in [-0.4, -0.2) is 23.9 Å². The summed E-state index contributed by atoms with van der Waals surface area (Å²) in [4.78, 5) is 11.6. The van der Waals surface area contributed by atoms with Gasteiger partial charge in [-0.15, -0.1) is 0 Å². The minimum atomic E-state index is -0.174. The van der Waals surface area contributed by atoms with Gasteiger partial charge in [0.15, 0.2) is 0 Å². The molecule has 1 heterocycles. The van der Waals surface area contributed by atoms with E-state index < -0.39 is 0 Å². The topological polar surface area (TPSA) is 67.0 Å². The summed E-state index contributed by atoms with van der Waals surface area (Å²) in [6, 6.07) is 9.43. The van der Waals surface area contributed by atoms with E-state index in [1.807, 2.05) is 31.2 Å². The van der Waals surface area contributed by atoms with Gasteiger partial charge in [-0.3, -0.25) is 4.79 Å². The van der Waals surface area contributed by atoms with E-state index >= 15 is 0 Å². The maximum atomic E-state index is 11.6. The Morgan fingerprint density at radius 3 is 2.89 bits per heavy atom. The van der Waals surface area contributed by atoms with Crippen molar-refractivity contribution in [2.45, 2.75) is 13.5 Å². The van der Waals surface area contributed by atoms with E-state index in [2.05, 4.69) is 15.5 Å². The third kappa shape index (κ3) is 3.00. The van der Waals surface area contributed by atoms with E-state index in [4.69, 9.17) is 4.74 Å². The summed E-state index contributed by atoms with van der Waals surface area (Å²) in [6.07, 6.45) is 0. The fourth-order valence-electron chi connectivity index (χ4n) is 1.87. The molecular weight excluding hydrogens is 242 g/mol. The Balaban J connectivity index is 2.47. The SMILES string of the molecule is CCOc1ccccc1-c1cc(CNC)c(=O)[nH]n1. The molecule has 0 unspecified atom stereocenters. The van der Waals surface area contributed by atoms with Crippen LogP contribution in [0.25, 0.3) is 11.3 Å². The quantitative estimate of drug-likeness (QED) is 0.855. The van der Waals surface area contributed by atoms with Gasteiger partial charge in [0.05, 0.1) is 12.3 Å². The van der Waals surface area contributed by atoms with Gasteiger partial charge in [0.1, 0.15) is 5.75 Å². The second-order valence-electron chi connectivity index (χ2n) is 4.07. The van der Waals surface area contributed by atoms with E-state index in [1.165, 1.54) is 0 Å². The summed E-state index contributed by atoms with van der Waals surface area (Å²) in [6.45, 7) is 3.02. The summed E-state index contributed by atoms with van der Waals surface area (Å²) in [7, 11) is 1.80. The second kappa shape index (κ2) is 6.15. The summed E-state index contributed by atoms with van der Waals surface area (Å²) >= 11 is 0. The summed E-state index contributed by atoms with van der Waals surface area (Å²) in [5.41, 5.74) is 2.05. The van der Waals surface area contributed by atoms with Crippen LogP contribution in [0.1, 0.15) is 12.5 Å². The highest BCUT2D eigenvalue weighted by molar-refractivity contribution is 5.67. The monoisotopic (exact) mass is 259 g/mol. The first-order chi connectivity index (χ1) is 9.26. The number of rotatable bonds is 5. The van der Waals surface area contributed by atoms with Gasteiger partial charge < -0.3 is 10.1 Å². The summed E-state index contributed by atoms with van der Waals surface area (Å²) < 4.78 is 5.57. The number of hydrogen-bond donors (Lipinski definition) is 2. The number of aromatic amines is 1. The van der Waals surface area contributed by atoms with Crippen molar-refractivity contribution in [3.8, 4) is 17.0 Å². The molecule has 0 atom stereocenters. The molecule has 2 rings (SSSR count). The molecule has 0 radical (unpaired) electrons. The van der Waals surface area contributed by atoms with Gasteiger partial charge in [0.2, 0.25) is 0 Å². The first-order valence-corrected chi connectivity index (χ1v) is 6.21. The van der Waals surface area contributed by atoms with Gasteiger partial charge in [0, 0.05) is 17.7 Å². The molecule has 100 valence electrons. The molecule has 19 heavy (non-hydrogen) atoms. The molecule has 0 fully saturated rings. The van der Waals surface area contributed by atoms with Crippen molar-refractivity contribution in [1.29, 1.82) is 0 Å². The normalized spacial score (nSPS) is 10.4. The van der Waals surface area contributed by atoms with Crippen LogP contribution in [0.4, 0.5) is 0 Å². The lowest BCUT2D eigenvalue weighted by molar-refractivity contribution is 0.341. The lowest BCUT2D eigenvalue weighted by Gasteiger charge is -2.09. The molecule has 0 spiro atoms. The largest absolute Gasteiger partial charge is 0.493 e. The van der Waals surface area contributed by atoms with E-state index in [9.17, 15) is 4.79 Å². The van der Waals surface area contributed by atoms with Crippen LogP contribution < -0.4 is 15.6 Å². The lowest BCUT2D eigenvalue weighted by Crippen LogP contribution is -2.19. The highest BCUT2D eigenvalue weighted by atomic mass is 16.5. The third-order valence-corrected chi connectivity index (χ3v) is 2.71. The summed E-state index contributed by atoms with van der Waals surface area (Å²) in [5.74, 6) is 0.764. The molecule has 0 aliphatic rings. The van der Waals surface area contributed by atoms with Gasteiger partial charge >= 0.3 is 0 Å². The third-order valence-electron chi connectivity index (χ3n) is 2.71. The zero-order valence-electron chi connectivity index (χ0n) is 11.1. The van der Waals surface area contributed by atoms with Crippen molar-refractivity contribution in [1.82, 2.24) is 15.5 Å². The highest BCUT2D eigenvalue weighted by Gasteiger charge is 2.09. The van der Waals surface area contributed by atoms with Crippen molar-refractivity contribution >= 4 is 0 Å². The van der Waals surface area contributed by atoms with Gasteiger partial charge in [-0.25, -0.2) is 5.10 Å².